The Morgan fingerprint density at radius 3 is 2.85 bits per heavy atom. The zero-order valence-electron chi connectivity index (χ0n) is 6.85. The van der Waals surface area contributed by atoms with Crippen molar-refractivity contribution in [2.75, 3.05) is 11.0 Å². The Morgan fingerprint density at radius 1 is 1.31 bits per heavy atom. The predicted molar refractivity (Wildman–Crippen MR) is 57.4 cm³/mol. The summed E-state index contributed by atoms with van der Waals surface area (Å²) in [6.07, 6.45) is 7.15. The van der Waals surface area contributed by atoms with Crippen LogP contribution in [0.1, 0.15) is 0 Å². The number of nitrogens with zero attached hydrogens (tertiary/aromatic N) is 3. The standard InChI is InChI=1S/C8H8IN3O/c9-1-6-13-8-7-10-2-4-12(7)5-3-11-8/h2-5H,1,6H2. The van der Waals surface area contributed by atoms with Gasteiger partial charge in [-0.05, 0) is 0 Å². The van der Waals surface area contributed by atoms with Crippen LogP contribution in [0.5, 0.6) is 5.88 Å². The zero-order valence-corrected chi connectivity index (χ0v) is 9.01. The van der Waals surface area contributed by atoms with Gasteiger partial charge in [-0.15, -0.1) is 0 Å². The molecular weight excluding hydrogens is 281 g/mol. The summed E-state index contributed by atoms with van der Waals surface area (Å²) in [5.74, 6) is 0.601. The molecule has 2 rings (SSSR count). The highest BCUT2D eigenvalue weighted by molar-refractivity contribution is 14.1. The van der Waals surface area contributed by atoms with Crippen LogP contribution in [0.25, 0.3) is 5.65 Å². The molecule has 0 bridgehead atoms. The predicted octanol–water partition coefficient (Wildman–Crippen LogP) is 1.54. The van der Waals surface area contributed by atoms with E-state index < -0.39 is 0 Å². The van der Waals surface area contributed by atoms with Gasteiger partial charge in [0.15, 0.2) is 5.65 Å². The van der Waals surface area contributed by atoms with Crippen molar-refractivity contribution in [2.45, 2.75) is 0 Å². The van der Waals surface area contributed by atoms with E-state index in [2.05, 4.69) is 32.6 Å². The lowest BCUT2D eigenvalue weighted by atomic mass is 10.6. The molecule has 0 saturated carbocycles. The first-order valence-corrected chi connectivity index (χ1v) is 5.41. The molecule has 0 saturated heterocycles. The molecule has 0 amide bonds. The third-order valence-electron chi connectivity index (χ3n) is 1.59. The summed E-state index contributed by atoms with van der Waals surface area (Å²) in [4.78, 5) is 8.25. The maximum Gasteiger partial charge on any atom is 0.258 e. The summed E-state index contributed by atoms with van der Waals surface area (Å²) < 4.78 is 8.25. The van der Waals surface area contributed by atoms with Gasteiger partial charge < -0.3 is 9.14 Å². The van der Waals surface area contributed by atoms with Gasteiger partial charge in [-0.2, -0.15) is 0 Å². The Hall–Kier alpha value is -0.850. The Morgan fingerprint density at radius 2 is 2.08 bits per heavy atom. The first kappa shape index (κ1) is 8.74. The van der Waals surface area contributed by atoms with Gasteiger partial charge in [0.1, 0.15) is 0 Å². The number of aromatic nitrogens is 3. The average molecular weight is 289 g/mol. The number of alkyl halides is 1. The van der Waals surface area contributed by atoms with Crippen molar-refractivity contribution in [3.05, 3.63) is 24.8 Å². The molecule has 4 nitrogen and oxygen atoms in total. The number of rotatable bonds is 3. The molecule has 0 aliphatic carbocycles. The summed E-state index contributed by atoms with van der Waals surface area (Å²) in [6.45, 7) is 0.667. The van der Waals surface area contributed by atoms with Gasteiger partial charge in [0.2, 0.25) is 0 Å². The number of halogens is 1. The Labute approximate surface area is 89.1 Å². The van der Waals surface area contributed by atoms with E-state index in [0.29, 0.717) is 12.5 Å². The van der Waals surface area contributed by atoms with Crippen molar-refractivity contribution >= 4 is 28.2 Å². The molecule has 2 aromatic heterocycles. The topological polar surface area (TPSA) is 39.4 Å². The minimum atomic E-state index is 0.601. The fourth-order valence-electron chi connectivity index (χ4n) is 1.07. The highest BCUT2D eigenvalue weighted by atomic mass is 127. The Bertz CT molecular complexity index is 401. The second-order valence-corrected chi connectivity index (χ2v) is 3.51. The van der Waals surface area contributed by atoms with Crippen LogP contribution in [0.15, 0.2) is 24.8 Å². The van der Waals surface area contributed by atoms with Gasteiger partial charge in [-0.1, -0.05) is 22.6 Å². The molecule has 0 radical (unpaired) electrons. The molecule has 0 N–H and O–H groups in total. The van der Waals surface area contributed by atoms with Crippen LogP contribution in [0.4, 0.5) is 0 Å². The van der Waals surface area contributed by atoms with E-state index in [0.717, 1.165) is 10.1 Å². The van der Waals surface area contributed by atoms with Crippen LogP contribution in [0.2, 0.25) is 0 Å². The number of fused-ring (bicyclic) bond motifs is 1. The third kappa shape index (κ3) is 1.74. The van der Waals surface area contributed by atoms with Crippen LogP contribution in [0, 0.1) is 0 Å². The molecular formula is C8H8IN3O. The van der Waals surface area contributed by atoms with Crippen molar-refractivity contribution in [3.63, 3.8) is 0 Å². The van der Waals surface area contributed by atoms with Gasteiger partial charge in [0.05, 0.1) is 6.61 Å². The lowest BCUT2D eigenvalue weighted by Gasteiger charge is -2.02. The van der Waals surface area contributed by atoms with Crippen LogP contribution in [-0.2, 0) is 0 Å². The van der Waals surface area contributed by atoms with E-state index in [1.54, 1.807) is 12.4 Å². The van der Waals surface area contributed by atoms with Gasteiger partial charge in [-0.25, -0.2) is 9.97 Å². The fraction of sp³-hybridized carbons (Fsp3) is 0.250. The second-order valence-electron chi connectivity index (χ2n) is 2.43. The molecule has 0 unspecified atom stereocenters. The van der Waals surface area contributed by atoms with Gasteiger partial charge in [-0.3, -0.25) is 0 Å². The summed E-state index contributed by atoms with van der Waals surface area (Å²) in [6, 6.07) is 0. The number of hydrogen-bond acceptors (Lipinski definition) is 3. The van der Waals surface area contributed by atoms with Crippen molar-refractivity contribution in [1.29, 1.82) is 0 Å². The molecule has 5 heteroatoms. The highest BCUT2D eigenvalue weighted by Crippen LogP contribution is 2.13. The average Bonchev–Trinajstić information content (AvgIpc) is 2.62. The third-order valence-corrected chi connectivity index (χ3v) is 2.04. The molecule has 0 spiro atoms. The summed E-state index contributed by atoms with van der Waals surface area (Å²) in [5.41, 5.74) is 0.771. The lowest BCUT2D eigenvalue weighted by molar-refractivity contribution is 0.335. The van der Waals surface area contributed by atoms with E-state index in [-0.39, 0.29) is 0 Å². The molecule has 0 fully saturated rings. The SMILES string of the molecule is ICCOc1nccn2ccnc12. The first-order valence-electron chi connectivity index (χ1n) is 3.88. The minimum Gasteiger partial charge on any atom is -0.474 e. The monoisotopic (exact) mass is 289 g/mol. The van der Waals surface area contributed by atoms with Crippen LogP contribution >= 0.6 is 22.6 Å². The van der Waals surface area contributed by atoms with Gasteiger partial charge in [0.25, 0.3) is 5.88 Å². The van der Waals surface area contributed by atoms with E-state index in [4.69, 9.17) is 4.74 Å². The van der Waals surface area contributed by atoms with E-state index in [9.17, 15) is 0 Å². The normalized spacial score (nSPS) is 10.5. The highest BCUT2D eigenvalue weighted by Gasteiger charge is 2.03. The first-order chi connectivity index (χ1) is 6.42. The molecule has 13 heavy (non-hydrogen) atoms. The fourth-order valence-corrected chi connectivity index (χ4v) is 1.29. The molecule has 0 aromatic carbocycles. The Balaban J connectivity index is 2.37. The van der Waals surface area contributed by atoms with Crippen molar-refractivity contribution < 1.29 is 4.74 Å². The number of hydrogen-bond donors (Lipinski definition) is 0. The molecule has 0 aliphatic heterocycles. The quantitative estimate of drug-likeness (QED) is 0.635. The van der Waals surface area contributed by atoms with Crippen LogP contribution in [0.3, 0.4) is 0 Å². The molecule has 2 heterocycles. The smallest absolute Gasteiger partial charge is 0.258 e. The van der Waals surface area contributed by atoms with Crippen LogP contribution < -0.4 is 4.74 Å². The largest absolute Gasteiger partial charge is 0.474 e. The Kier molecular flexibility index (Phi) is 2.62. The summed E-state index contributed by atoms with van der Waals surface area (Å²) in [7, 11) is 0. The van der Waals surface area contributed by atoms with Gasteiger partial charge in [0, 0.05) is 29.2 Å². The summed E-state index contributed by atoms with van der Waals surface area (Å²) in [5, 5.41) is 0. The molecule has 0 atom stereocenters. The molecule has 0 aliphatic rings. The van der Waals surface area contributed by atoms with Crippen molar-refractivity contribution in [2.24, 2.45) is 0 Å². The lowest BCUT2D eigenvalue weighted by Crippen LogP contribution is -2.01. The second kappa shape index (κ2) is 3.91. The maximum atomic E-state index is 5.42. The van der Waals surface area contributed by atoms with Crippen molar-refractivity contribution in [1.82, 2.24) is 14.4 Å². The van der Waals surface area contributed by atoms with Gasteiger partial charge >= 0.3 is 0 Å². The van der Waals surface area contributed by atoms with Crippen molar-refractivity contribution in [3.8, 4) is 5.88 Å². The molecule has 2 aromatic rings. The van der Waals surface area contributed by atoms with Crippen LogP contribution in [-0.4, -0.2) is 25.4 Å². The van der Waals surface area contributed by atoms with E-state index in [1.807, 2.05) is 16.8 Å². The minimum absolute atomic E-state index is 0.601. The van der Waals surface area contributed by atoms with E-state index >= 15 is 0 Å². The number of ether oxygens (including phenoxy) is 1. The maximum absolute atomic E-state index is 5.42. The molecule has 68 valence electrons. The zero-order chi connectivity index (χ0) is 9.10. The number of imidazole rings is 1. The summed E-state index contributed by atoms with van der Waals surface area (Å²) >= 11 is 2.26. The van der Waals surface area contributed by atoms with E-state index in [1.165, 1.54) is 0 Å².